The van der Waals surface area contributed by atoms with Gasteiger partial charge in [0.05, 0.1) is 0 Å². The van der Waals surface area contributed by atoms with Crippen molar-refractivity contribution in [2.45, 2.75) is 41.5 Å². The zero-order valence-corrected chi connectivity index (χ0v) is 14.4. The van der Waals surface area contributed by atoms with Crippen molar-refractivity contribution in [1.29, 1.82) is 0 Å². The monoisotopic (exact) mass is 295 g/mol. The van der Waals surface area contributed by atoms with E-state index in [9.17, 15) is 4.79 Å². The molecule has 0 aliphatic heterocycles. The lowest BCUT2D eigenvalue weighted by Gasteiger charge is -2.20. The van der Waals surface area contributed by atoms with Crippen molar-refractivity contribution in [1.82, 2.24) is 0 Å². The van der Waals surface area contributed by atoms with E-state index in [-0.39, 0.29) is 5.91 Å². The SMILES string of the molecule is Cc1ccc(-c2ccc(C)c(C)c2)c(NC(=O)C(C)(C)C)c1. The third kappa shape index (κ3) is 3.56. The Morgan fingerprint density at radius 3 is 2.18 bits per heavy atom. The molecule has 0 heterocycles. The molecule has 0 bridgehead atoms. The second-order valence-electron chi connectivity index (χ2n) is 7.05. The van der Waals surface area contributed by atoms with E-state index >= 15 is 0 Å². The summed E-state index contributed by atoms with van der Waals surface area (Å²) in [6.07, 6.45) is 0. The van der Waals surface area contributed by atoms with Crippen molar-refractivity contribution in [3.05, 3.63) is 53.1 Å². The molecule has 2 rings (SSSR count). The first-order valence-corrected chi connectivity index (χ1v) is 7.68. The summed E-state index contributed by atoms with van der Waals surface area (Å²) in [7, 11) is 0. The molecule has 0 saturated heterocycles. The number of amides is 1. The van der Waals surface area contributed by atoms with Crippen LogP contribution in [-0.4, -0.2) is 5.91 Å². The quantitative estimate of drug-likeness (QED) is 0.804. The maximum atomic E-state index is 12.3. The maximum Gasteiger partial charge on any atom is 0.229 e. The van der Waals surface area contributed by atoms with Crippen LogP contribution in [0.5, 0.6) is 0 Å². The molecule has 0 fully saturated rings. The number of anilines is 1. The lowest BCUT2D eigenvalue weighted by atomic mass is 9.94. The van der Waals surface area contributed by atoms with Crippen molar-refractivity contribution < 1.29 is 4.79 Å². The standard InChI is InChI=1S/C20H25NO/c1-13-7-10-17(16-9-8-14(2)15(3)12-16)18(11-13)21-19(22)20(4,5)6/h7-12H,1-6H3,(H,21,22). The number of rotatable bonds is 2. The highest BCUT2D eigenvalue weighted by Gasteiger charge is 2.22. The van der Waals surface area contributed by atoms with E-state index < -0.39 is 5.41 Å². The molecule has 2 nitrogen and oxygen atoms in total. The molecule has 116 valence electrons. The predicted octanol–water partition coefficient (Wildman–Crippen LogP) is 5.26. The molecule has 0 unspecified atom stereocenters. The van der Waals surface area contributed by atoms with Crippen LogP contribution in [0.25, 0.3) is 11.1 Å². The fourth-order valence-electron chi connectivity index (χ4n) is 2.23. The Bertz CT molecular complexity index is 708. The molecule has 0 aliphatic rings. The summed E-state index contributed by atoms with van der Waals surface area (Å²) >= 11 is 0. The minimum atomic E-state index is -0.412. The van der Waals surface area contributed by atoms with Gasteiger partial charge in [-0.25, -0.2) is 0 Å². The number of hydrogen-bond acceptors (Lipinski definition) is 1. The van der Waals surface area contributed by atoms with Gasteiger partial charge in [0.25, 0.3) is 0 Å². The highest BCUT2D eigenvalue weighted by Crippen LogP contribution is 2.31. The third-order valence-electron chi connectivity index (χ3n) is 3.92. The van der Waals surface area contributed by atoms with Crippen molar-refractivity contribution >= 4 is 11.6 Å². The van der Waals surface area contributed by atoms with Crippen molar-refractivity contribution in [3.63, 3.8) is 0 Å². The predicted molar refractivity (Wildman–Crippen MR) is 94.2 cm³/mol. The number of hydrogen-bond donors (Lipinski definition) is 1. The van der Waals surface area contributed by atoms with Gasteiger partial charge in [-0.2, -0.15) is 0 Å². The molecule has 0 spiro atoms. The zero-order chi connectivity index (χ0) is 16.5. The van der Waals surface area contributed by atoms with Crippen molar-refractivity contribution in [2.75, 3.05) is 5.32 Å². The smallest absolute Gasteiger partial charge is 0.229 e. The maximum absolute atomic E-state index is 12.3. The summed E-state index contributed by atoms with van der Waals surface area (Å²) in [6.45, 7) is 12.0. The number of benzene rings is 2. The molecule has 0 saturated carbocycles. The minimum Gasteiger partial charge on any atom is -0.325 e. The molecule has 2 aromatic carbocycles. The Morgan fingerprint density at radius 2 is 1.59 bits per heavy atom. The van der Waals surface area contributed by atoms with Crippen LogP contribution in [0.2, 0.25) is 0 Å². The second-order valence-corrected chi connectivity index (χ2v) is 7.05. The van der Waals surface area contributed by atoms with E-state index in [2.05, 4.69) is 49.5 Å². The molecule has 0 atom stereocenters. The largest absolute Gasteiger partial charge is 0.325 e. The van der Waals surface area contributed by atoms with Crippen molar-refractivity contribution in [3.8, 4) is 11.1 Å². The summed E-state index contributed by atoms with van der Waals surface area (Å²) in [6, 6.07) is 12.6. The Kier molecular flexibility index (Phi) is 4.41. The van der Waals surface area contributed by atoms with Gasteiger partial charge in [0.1, 0.15) is 0 Å². The van der Waals surface area contributed by atoms with Gasteiger partial charge in [-0.1, -0.05) is 51.1 Å². The molecule has 2 heteroatoms. The molecule has 0 radical (unpaired) electrons. The lowest BCUT2D eigenvalue weighted by molar-refractivity contribution is -0.123. The van der Waals surface area contributed by atoms with E-state index in [0.29, 0.717) is 0 Å². The van der Waals surface area contributed by atoms with Crippen LogP contribution >= 0.6 is 0 Å². The summed E-state index contributed by atoms with van der Waals surface area (Å²) in [4.78, 5) is 12.3. The van der Waals surface area contributed by atoms with Gasteiger partial charge < -0.3 is 5.32 Å². The van der Waals surface area contributed by atoms with Gasteiger partial charge in [0.15, 0.2) is 0 Å². The van der Waals surface area contributed by atoms with Gasteiger partial charge in [-0.05, 0) is 49.1 Å². The van der Waals surface area contributed by atoms with Crippen LogP contribution in [0.15, 0.2) is 36.4 Å². The van der Waals surface area contributed by atoms with Crippen LogP contribution in [0.1, 0.15) is 37.5 Å². The van der Waals surface area contributed by atoms with Crippen LogP contribution in [0.3, 0.4) is 0 Å². The van der Waals surface area contributed by atoms with Gasteiger partial charge in [0, 0.05) is 16.7 Å². The van der Waals surface area contributed by atoms with Gasteiger partial charge in [0.2, 0.25) is 5.91 Å². The van der Waals surface area contributed by atoms with E-state index in [1.165, 1.54) is 11.1 Å². The van der Waals surface area contributed by atoms with Crippen LogP contribution in [0, 0.1) is 26.2 Å². The Balaban J connectivity index is 2.48. The van der Waals surface area contributed by atoms with E-state index in [0.717, 1.165) is 22.4 Å². The molecule has 2 aromatic rings. The molecular weight excluding hydrogens is 270 g/mol. The number of carbonyl (C=O) groups excluding carboxylic acids is 1. The van der Waals surface area contributed by atoms with Gasteiger partial charge >= 0.3 is 0 Å². The molecule has 22 heavy (non-hydrogen) atoms. The Labute approximate surface area is 133 Å². The van der Waals surface area contributed by atoms with Crippen LogP contribution < -0.4 is 5.32 Å². The summed E-state index contributed by atoms with van der Waals surface area (Å²) in [5.41, 5.74) is 6.32. The number of nitrogens with one attached hydrogen (secondary N) is 1. The zero-order valence-electron chi connectivity index (χ0n) is 14.4. The van der Waals surface area contributed by atoms with E-state index in [1.54, 1.807) is 0 Å². The normalized spacial score (nSPS) is 11.4. The molecule has 0 aromatic heterocycles. The molecule has 1 N–H and O–H groups in total. The van der Waals surface area contributed by atoms with Crippen molar-refractivity contribution in [2.24, 2.45) is 5.41 Å². The fourth-order valence-corrected chi connectivity index (χ4v) is 2.23. The molecular formula is C20H25NO. The summed E-state index contributed by atoms with van der Waals surface area (Å²) in [5.74, 6) is 0.0307. The number of carbonyl (C=O) groups is 1. The highest BCUT2D eigenvalue weighted by atomic mass is 16.2. The molecule has 0 aliphatic carbocycles. The van der Waals surface area contributed by atoms with Crippen LogP contribution in [-0.2, 0) is 4.79 Å². The minimum absolute atomic E-state index is 0.0307. The highest BCUT2D eigenvalue weighted by molar-refractivity contribution is 5.98. The first-order valence-electron chi connectivity index (χ1n) is 7.68. The first kappa shape index (κ1) is 16.3. The summed E-state index contributed by atoms with van der Waals surface area (Å²) in [5, 5.41) is 3.08. The van der Waals surface area contributed by atoms with Gasteiger partial charge in [-0.15, -0.1) is 0 Å². The second kappa shape index (κ2) is 5.96. The van der Waals surface area contributed by atoms with Crippen LogP contribution in [0.4, 0.5) is 5.69 Å². The average molecular weight is 295 g/mol. The van der Waals surface area contributed by atoms with E-state index in [4.69, 9.17) is 0 Å². The lowest BCUT2D eigenvalue weighted by Crippen LogP contribution is -2.27. The van der Waals surface area contributed by atoms with Gasteiger partial charge in [-0.3, -0.25) is 4.79 Å². The van der Waals surface area contributed by atoms with E-state index in [1.807, 2.05) is 33.8 Å². The topological polar surface area (TPSA) is 29.1 Å². The number of aryl methyl sites for hydroxylation is 3. The Hall–Kier alpha value is -2.09. The summed E-state index contributed by atoms with van der Waals surface area (Å²) < 4.78 is 0. The molecule has 1 amide bonds. The first-order chi connectivity index (χ1) is 10.2. The average Bonchev–Trinajstić information content (AvgIpc) is 2.41. The fraction of sp³-hybridized carbons (Fsp3) is 0.350. The third-order valence-corrected chi connectivity index (χ3v) is 3.92. The Morgan fingerprint density at radius 1 is 0.909 bits per heavy atom.